The zero-order valence-corrected chi connectivity index (χ0v) is 9.77. The summed E-state index contributed by atoms with van der Waals surface area (Å²) in [6, 6.07) is 5.34. The Morgan fingerprint density at radius 1 is 1.47 bits per heavy atom. The molecule has 1 aromatic carbocycles. The average molecular weight is 230 g/mol. The summed E-state index contributed by atoms with van der Waals surface area (Å²) in [6.45, 7) is 1.96. The summed E-state index contributed by atoms with van der Waals surface area (Å²) in [6.07, 6.45) is 3.63. The SMILES string of the molecule is COc1ccc(C(=N)N)c(-n2cc(C)cn2)c1. The molecule has 0 amide bonds. The third-order valence-corrected chi connectivity index (χ3v) is 2.45. The Morgan fingerprint density at radius 2 is 2.24 bits per heavy atom. The van der Waals surface area contributed by atoms with Crippen molar-refractivity contribution < 1.29 is 4.74 Å². The van der Waals surface area contributed by atoms with Crippen LogP contribution in [-0.2, 0) is 0 Å². The molecule has 88 valence electrons. The maximum Gasteiger partial charge on any atom is 0.124 e. The molecule has 2 aromatic rings. The largest absolute Gasteiger partial charge is 0.497 e. The van der Waals surface area contributed by atoms with E-state index in [4.69, 9.17) is 15.9 Å². The van der Waals surface area contributed by atoms with Crippen molar-refractivity contribution in [3.8, 4) is 11.4 Å². The van der Waals surface area contributed by atoms with Crippen molar-refractivity contribution in [2.75, 3.05) is 7.11 Å². The molecule has 0 aliphatic heterocycles. The monoisotopic (exact) mass is 230 g/mol. The second-order valence-corrected chi connectivity index (χ2v) is 3.76. The molecule has 5 heteroatoms. The van der Waals surface area contributed by atoms with Crippen LogP contribution >= 0.6 is 0 Å². The van der Waals surface area contributed by atoms with Gasteiger partial charge in [-0.3, -0.25) is 5.41 Å². The first kappa shape index (κ1) is 11.2. The van der Waals surface area contributed by atoms with Crippen LogP contribution in [0.1, 0.15) is 11.1 Å². The summed E-state index contributed by atoms with van der Waals surface area (Å²) >= 11 is 0. The second-order valence-electron chi connectivity index (χ2n) is 3.76. The third kappa shape index (κ3) is 2.13. The molecule has 1 aromatic heterocycles. The molecule has 2 rings (SSSR count). The van der Waals surface area contributed by atoms with Gasteiger partial charge >= 0.3 is 0 Å². The van der Waals surface area contributed by atoms with Crippen LogP contribution in [0.5, 0.6) is 5.75 Å². The quantitative estimate of drug-likeness (QED) is 0.619. The molecule has 0 spiro atoms. The maximum atomic E-state index is 7.56. The van der Waals surface area contributed by atoms with Gasteiger partial charge in [0, 0.05) is 17.8 Å². The van der Waals surface area contributed by atoms with Crippen molar-refractivity contribution in [1.82, 2.24) is 9.78 Å². The summed E-state index contributed by atoms with van der Waals surface area (Å²) in [5.74, 6) is 0.717. The Bertz CT molecular complexity index is 559. The standard InChI is InChI=1S/C12H14N4O/c1-8-6-15-16(7-8)11-5-9(17-2)3-4-10(11)12(13)14/h3-7H,1-2H3,(H3,13,14). The number of hydrogen-bond acceptors (Lipinski definition) is 3. The van der Waals surface area contributed by atoms with Crippen LogP contribution in [0.25, 0.3) is 5.69 Å². The van der Waals surface area contributed by atoms with Crippen molar-refractivity contribution in [1.29, 1.82) is 5.41 Å². The molecule has 0 fully saturated rings. The van der Waals surface area contributed by atoms with Gasteiger partial charge in [0.15, 0.2) is 0 Å². The molecule has 0 atom stereocenters. The molecule has 0 aliphatic rings. The first-order valence-corrected chi connectivity index (χ1v) is 5.16. The number of nitrogens with two attached hydrogens (primary N) is 1. The highest BCUT2D eigenvalue weighted by molar-refractivity contribution is 5.98. The van der Waals surface area contributed by atoms with Crippen LogP contribution in [0.3, 0.4) is 0 Å². The van der Waals surface area contributed by atoms with E-state index in [1.165, 1.54) is 0 Å². The lowest BCUT2D eigenvalue weighted by atomic mass is 10.1. The molecule has 3 N–H and O–H groups in total. The minimum atomic E-state index is 0.0100. The molecular weight excluding hydrogens is 216 g/mol. The molecule has 0 saturated heterocycles. The minimum absolute atomic E-state index is 0.0100. The fraction of sp³-hybridized carbons (Fsp3) is 0.167. The van der Waals surface area contributed by atoms with E-state index < -0.39 is 0 Å². The summed E-state index contributed by atoms with van der Waals surface area (Å²) in [7, 11) is 1.60. The van der Waals surface area contributed by atoms with E-state index in [1.54, 1.807) is 30.1 Å². The van der Waals surface area contributed by atoms with E-state index in [0.29, 0.717) is 11.3 Å². The first-order valence-electron chi connectivity index (χ1n) is 5.16. The Balaban J connectivity index is 2.60. The van der Waals surface area contributed by atoms with E-state index in [9.17, 15) is 0 Å². The number of amidine groups is 1. The van der Waals surface area contributed by atoms with Gasteiger partial charge < -0.3 is 10.5 Å². The Morgan fingerprint density at radius 3 is 2.76 bits per heavy atom. The smallest absolute Gasteiger partial charge is 0.124 e. The van der Waals surface area contributed by atoms with Gasteiger partial charge in [0.2, 0.25) is 0 Å². The number of nitrogens with zero attached hydrogens (tertiary/aromatic N) is 2. The third-order valence-electron chi connectivity index (χ3n) is 2.45. The van der Waals surface area contributed by atoms with Gasteiger partial charge in [0.1, 0.15) is 11.6 Å². The van der Waals surface area contributed by atoms with Gasteiger partial charge in [-0.15, -0.1) is 0 Å². The molecule has 17 heavy (non-hydrogen) atoms. The lowest BCUT2D eigenvalue weighted by molar-refractivity contribution is 0.414. The molecule has 0 unspecified atom stereocenters. The van der Waals surface area contributed by atoms with Gasteiger partial charge in [0.05, 0.1) is 19.0 Å². The van der Waals surface area contributed by atoms with E-state index in [0.717, 1.165) is 11.3 Å². The normalized spacial score (nSPS) is 10.2. The maximum absolute atomic E-state index is 7.56. The number of methoxy groups -OCH3 is 1. The fourth-order valence-electron chi connectivity index (χ4n) is 1.60. The lowest BCUT2D eigenvalue weighted by Gasteiger charge is -2.10. The van der Waals surface area contributed by atoms with Crippen molar-refractivity contribution in [3.05, 3.63) is 41.7 Å². The summed E-state index contributed by atoms with van der Waals surface area (Å²) in [5, 5.41) is 11.8. The highest BCUT2D eigenvalue weighted by Crippen LogP contribution is 2.21. The summed E-state index contributed by atoms with van der Waals surface area (Å²) in [5.41, 5.74) is 7.97. The minimum Gasteiger partial charge on any atom is -0.497 e. The van der Waals surface area contributed by atoms with Gasteiger partial charge in [-0.1, -0.05) is 0 Å². The number of ether oxygens (including phenoxy) is 1. The Hall–Kier alpha value is -2.30. The van der Waals surface area contributed by atoms with E-state index in [2.05, 4.69) is 5.10 Å². The van der Waals surface area contributed by atoms with Gasteiger partial charge in [0.25, 0.3) is 0 Å². The number of rotatable bonds is 3. The van der Waals surface area contributed by atoms with Crippen molar-refractivity contribution in [2.24, 2.45) is 5.73 Å². The van der Waals surface area contributed by atoms with Crippen molar-refractivity contribution in [3.63, 3.8) is 0 Å². The molecule has 0 radical (unpaired) electrons. The zero-order valence-electron chi connectivity index (χ0n) is 9.77. The molecule has 0 aliphatic carbocycles. The van der Waals surface area contributed by atoms with Crippen molar-refractivity contribution in [2.45, 2.75) is 6.92 Å². The molecular formula is C12H14N4O. The van der Waals surface area contributed by atoms with E-state index in [1.807, 2.05) is 19.2 Å². The Kier molecular flexibility index (Phi) is 2.82. The highest BCUT2D eigenvalue weighted by Gasteiger charge is 2.09. The fourth-order valence-corrected chi connectivity index (χ4v) is 1.60. The Labute approximate surface area is 99.3 Å². The molecule has 5 nitrogen and oxygen atoms in total. The number of nitrogen functional groups attached to an aromatic ring is 1. The zero-order chi connectivity index (χ0) is 12.4. The van der Waals surface area contributed by atoms with Crippen LogP contribution < -0.4 is 10.5 Å². The molecule has 0 saturated carbocycles. The van der Waals surface area contributed by atoms with Crippen LogP contribution in [0.2, 0.25) is 0 Å². The second kappa shape index (κ2) is 4.29. The van der Waals surface area contributed by atoms with Crippen LogP contribution in [0.15, 0.2) is 30.6 Å². The number of benzene rings is 1. The first-order chi connectivity index (χ1) is 8.11. The number of aromatic nitrogens is 2. The van der Waals surface area contributed by atoms with Gasteiger partial charge in [-0.2, -0.15) is 5.10 Å². The van der Waals surface area contributed by atoms with Gasteiger partial charge in [-0.25, -0.2) is 4.68 Å². The number of aryl methyl sites for hydroxylation is 1. The summed E-state index contributed by atoms with van der Waals surface area (Å²) in [4.78, 5) is 0. The van der Waals surface area contributed by atoms with Gasteiger partial charge in [-0.05, 0) is 24.6 Å². The molecule has 1 heterocycles. The molecule has 0 bridgehead atoms. The number of hydrogen-bond donors (Lipinski definition) is 2. The predicted molar refractivity (Wildman–Crippen MR) is 65.9 cm³/mol. The highest BCUT2D eigenvalue weighted by atomic mass is 16.5. The topological polar surface area (TPSA) is 76.9 Å². The number of nitrogens with one attached hydrogen (secondary N) is 1. The predicted octanol–water partition coefficient (Wildman–Crippen LogP) is 1.47. The van der Waals surface area contributed by atoms with Crippen LogP contribution in [0, 0.1) is 12.3 Å². The van der Waals surface area contributed by atoms with E-state index in [-0.39, 0.29) is 5.84 Å². The van der Waals surface area contributed by atoms with Crippen LogP contribution in [0.4, 0.5) is 0 Å². The average Bonchev–Trinajstić information content (AvgIpc) is 2.75. The van der Waals surface area contributed by atoms with Crippen LogP contribution in [-0.4, -0.2) is 22.7 Å². The summed E-state index contributed by atoms with van der Waals surface area (Å²) < 4.78 is 6.85. The van der Waals surface area contributed by atoms with Crippen molar-refractivity contribution >= 4 is 5.84 Å². The van der Waals surface area contributed by atoms with E-state index >= 15 is 0 Å². The lowest BCUT2D eigenvalue weighted by Crippen LogP contribution is -2.15.